The first-order valence-electron chi connectivity index (χ1n) is 5.40. The fourth-order valence-electron chi connectivity index (χ4n) is 1.77. The van der Waals surface area contributed by atoms with Crippen LogP contribution in [-0.2, 0) is 0 Å². The second-order valence-corrected chi connectivity index (χ2v) is 3.82. The van der Waals surface area contributed by atoms with Crippen LogP contribution in [0.3, 0.4) is 0 Å². The molecule has 1 fully saturated rings. The summed E-state index contributed by atoms with van der Waals surface area (Å²) in [5, 5.41) is 14.1. The molecule has 0 bridgehead atoms. The van der Waals surface area contributed by atoms with E-state index < -0.39 is 4.92 Å². The minimum absolute atomic E-state index is 0.00194. The SMILES string of the molecule is COc1ccc(O[C@H]2CCNC2)c([N+](=O)[O-])c1. The average molecular weight is 238 g/mol. The van der Waals surface area contributed by atoms with Crippen molar-refractivity contribution in [3.8, 4) is 11.5 Å². The van der Waals surface area contributed by atoms with Crippen LogP contribution in [0.25, 0.3) is 0 Å². The van der Waals surface area contributed by atoms with E-state index in [1.165, 1.54) is 13.2 Å². The highest BCUT2D eigenvalue weighted by molar-refractivity contribution is 5.51. The molecular formula is C11H14N2O4. The highest BCUT2D eigenvalue weighted by Gasteiger charge is 2.22. The smallest absolute Gasteiger partial charge is 0.314 e. The molecule has 17 heavy (non-hydrogen) atoms. The predicted octanol–water partition coefficient (Wildman–Crippen LogP) is 1.34. The number of nitrogens with one attached hydrogen (secondary N) is 1. The second kappa shape index (κ2) is 5.01. The fourth-order valence-corrected chi connectivity index (χ4v) is 1.77. The first kappa shape index (κ1) is 11.7. The molecule has 1 N–H and O–H groups in total. The maximum atomic E-state index is 10.9. The van der Waals surface area contributed by atoms with Gasteiger partial charge >= 0.3 is 5.69 Å². The summed E-state index contributed by atoms with van der Waals surface area (Å²) in [6.45, 7) is 1.61. The van der Waals surface area contributed by atoms with Gasteiger partial charge in [-0.15, -0.1) is 0 Å². The normalized spacial score (nSPS) is 19.0. The molecule has 0 spiro atoms. The van der Waals surface area contributed by atoms with E-state index >= 15 is 0 Å². The lowest BCUT2D eigenvalue weighted by Crippen LogP contribution is -2.20. The monoisotopic (exact) mass is 238 g/mol. The van der Waals surface area contributed by atoms with Gasteiger partial charge in [0.25, 0.3) is 0 Å². The number of benzene rings is 1. The number of hydrogen-bond donors (Lipinski definition) is 1. The zero-order chi connectivity index (χ0) is 12.3. The molecule has 0 saturated carbocycles. The molecule has 1 aromatic rings. The van der Waals surface area contributed by atoms with E-state index in [0.717, 1.165) is 19.5 Å². The third kappa shape index (κ3) is 2.65. The van der Waals surface area contributed by atoms with E-state index in [-0.39, 0.29) is 11.8 Å². The first-order chi connectivity index (χ1) is 8.20. The Morgan fingerprint density at radius 2 is 2.35 bits per heavy atom. The number of rotatable bonds is 4. The predicted molar refractivity (Wildman–Crippen MR) is 61.6 cm³/mol. The van der Waals surface area contributed by atoms with E-state index in [2.05, 4.69) is 5.32 Å². The number of hydrogen-bond acceptors (Lipinski definition) is 5. The molecular weight excluding hydrogens is 224 g/mol. The van der Waals surface area contributed by atoms with Crippen molar-refractivity contribution in [1.29, 1.82) is 0 Å². The molecule has 0 aliphatic carbocycles. The van der Waals surface area contributed by atoms with Crippen molar-refractivity contribution in [2.45, 2.75) is 12.5 Å². The highest BCUT2D eigenvalue weighted by Crippen LogP contribution is 2.32. The Bertz CT molecular complexity index is 416. The summed E-state index contributed by atoms with van der Waals surface area (Å²) in [6, 6.07) is 4.61. The Morgan fingerprint density at radius 3 is 2.94 bits per heavy atom. The summed E-state index contributed by atoms with van der Waals surface area (Å²) in [5.74, 6) is 0.748. The van der Waals surface area contributed by atoms with Crippen LogP contribution in [0.5, 0.6) is 11.5 Å². The van der Waals surface area contributed by atoms with Gasteiger partial charge in [-0.25, -0.2) is 0 Å². The minimum Gasteiger partial charge on any atom is -0.496 e. The van der Waals surface area contributed by atoms with E-state index in [1.807, 2.05) is 0 Å². The Labute approximate surface area is 98.7 Å². The van der Waals surface area contributed by atoms with Gasteiger partial charge in [-0.05, 0) is 25.1 Å². The maximum absolute atomic E-state index is 10.9. The molecule has 1 aliphatic heterocycles. The lowest BCUT2D eigenvalue weighted by Gasteiger charge is -2.12. The van der Waals surface area contributed by atoms with Crippen LogP contribution < -0.4 is 14.8 Å². The van der Waals surface area contributed by atoms with Crippen LogP contribution in [0.4, 0.5) is 5.69 Å². The Hall–Kier alpha value is -1.82. The lowest BCUT2D eigenvalue weighted by atomic mass is 10.2. The quantitative estimate of drug-likeness (QED) is 0.633. The Morgan fingerprint density at radius 1 is 1.53 bits per heavy atom. The second-order valence-electron chi connectivity index (χ2n) is 3.82. The number of methoxy groups -OCH3 is 1. The standard InChI is InChI=1S/C11H14N2O4/c1-16-8-2-3-11(10(6-8)13(14)15)17-9-4-5-12-7-9/h2-3,6,9,12H,4-5,7H2,1H3/t9-/m0/s1. The van der Waals surface area contributed by atoms with Crippen molar-refractivity contribution in [2.24, 2.45) is 0 Å². The van der Waals surface area contributed by atoms with Crippen LogP contribution in [0.1, 0.15) is 6.42 Å². The summed E-state index contributed by atoms with van der Waals surface area (Å²) >= 11 is 0. The molecule has 1 aliphatic rings. The first-order valence-corrected chi connectivity index (χ1v) is 5.40. The van der Waals surface area contributed by atoms with Crippen molar-refractivity contribution in [3.05, 3.63) is 28.3 Å². The summed E-state index contributed by atoms with van der Waals surface area (Å²) in [6.07, 6.45) is 0.866. The van der Waals surface area contributed by atoms with Gasteiger partial charge in [-0.2, -0.15) is 0 Å². The van der Waals surface area contributed by atoms with Crippen LogP contribution in [-0.4, -0.2) is 31.2 Å². The van der Waals surface area contributed by atoms with Crippen LogP contribution in [0.2, 0.25) is 0 Å². The van der Waals surface area contributed by atoms with Gasteiger partial charge in [0, 0.05) is 6.54 Å². The number of nitro benzene ring substituents is 1. The van der Waals surface area contributed by atoms with Crippen molar-refractivity contribution < 1.29 is 14.4 Å². The fraction of sp³-hybridized carbons (Fsp3) is 0.455. The third-order valence-electron chi connectivity index (χ3n) is 2.67. The van der Waals surface area contributed by atoms with E-state index in [9.17, 15) is 10.1 Å². The lowest BCUT2D eigenvalue weighted by molar-refractivity contribution is -0.386. The average Bonchev–Trinajstić information content (AvgIpc) is 2.82. The number of nitrogens with zero attached hydrogens (tertiary/aromatic N) is 1. The van der Waals surface area contributed by atoms with Crippen LogP contribution in [0, 0.1) is 10.1 Å². The molecule has 0 radical (unpaired) electrons. The summed E-state index contributed by atoms with van der Waals surface area (Å²) in [5.41, 5.74) is -0.0590. The maximum Gasteiger partial charge on any atom is 0.314 e. The Balaban J connectivity index is 2.22. The van der Waals surface area contributed by atoms with E-state index in [1.54, 1.807) is 12.1 Å². The van der Waals surface area contributed by atoms with Gasteiger partial charge in [-0.1, -0.05) is 0 Å². The molecule has 1 aromatic carbocycles. The van der Waals surface area contributed by atoms with Crippen molar-refractivity contribution in [3.63, 3.8) is 0 Å². The van der Waals surface area contributed by atoms with Gasteiger partial charge in [-0.3, -0.25) is 10.1 Å². The van der Waals surface area contributed by atoms with Crippen molar-refractivity contribution in [2.75, 3.05) is 20.2 Å². The summed E-state index contributed by atoms with van der Waals surface area (Å²) in [7, 11) is 1.47. The molecule has 0 aromatic heterocycles. The number of nitro groups is 1. The summed E-state index contributed by atoms with van der Waals surface area (Å²) < 4.78 is 10.6. The van der Waals surface area contributed by atoms with E-state index in [0.29, 0.717) is 11.5 Å². The van der Waals surface area contributed by atoms with Crippen molar-refractivity contribution >= 4 is 5.69 Å². The van der Waals surface area contributed by atoms with E-state index in [4.69, 9.17) is 9.47 Å². The van der Waals surface area contributed by atoms with Gasteiger partial charge in [0.2, 0.25) is 0 Å². The molecule has 1 heterocycles. The molecule has 2 rings (SSSR count). The zero-order valence-electron chi connectivity index (χ0n) is 9.51. The van der Waals surface area contributed by atoms with Gasteiger partial charge in [0.15, 0.2) is 5.75 Å². The summed E-state index contributed by atoms with van der Waals surface area (Å²) in [4.78, 5) is 10.5. The topological polar surface area (TPSA) is 73.6 Å². The van der Waals surface area contributed by atoms with Crippen LogP contribution >= 0.6 is 0 Å². The highest BCUT2D eigenvalue weighted by atomic mass is 16.6. The minimum atomic E-state index is -0.458. The molecule has 1 saturated heterocycles. The largest absolute Gasteiger partial charge is 0.496 e. The Kier molecular flexibility index (Phi) is 3.43. The molecule has 1 atom stereocenters. The molecule has 0 amide bonds. The van der Waals surface area contributed by atoms with Gasteiger partial charge < -0.3 is 14.8 Å². The third-order valence-corrected chi connectivity index (χ3v) is 2.67. The zero-order valence-corrected chi connectivity index (χ0v) is 9.51. The molecule has 92 valence electrons. The molecule has 0 unspecified atom stereocenters. The van der Waals surface area contributed by atoms with Crippen molar-refractivity contribution in [1.82, 2.24) is 5.32 Å². The number of ether oxygens (including phenoxy) is 2. The molecule has 6 nitrogen and oxygen atoms in total. The molecule has 6 heteroatoms. The van der Waals surface area contributed by atoms with Crippen LogP contribution in [0.15, 0.2) is 18.2 Å². The van der Waals surface area contributed by atoms with Gasteiger partial charge in [0.05, 0.1) is 18.1 Å². The van der Waals surface area contributed by atoms with Gasteiger partial charge in [0.1, 0.15) is 11.9 Å².